The van der Waals surface area contributed by atoms with Gasteiger partial charge in [0.15, 0.2) is 0 Å². The summed E-state index contributed by atoms with van der Waals surface area (Å²) in [6.07, 6.45) is 3.91. The maximum atomic E-state index is 12.5. The van der Waals surface area contributed by atoms with Crippen molar-refractivity contribution in [2.24, 2.45) is 0 Å². The van der Waals surface area contributed by atoms with E-state index < -0.39 is 0 Å². The third-order valence-electron chi connectivity index (χ3n) is 4.77. The van der Waals surface area contributed by atoms with E-state index in [0.29, 0.717) is 10.7 Å². The molecule has 3 rings (SSSR count). The fourth-order valence-electron chi connectivity index (χ4n) is 3.62. The summed E-state index contributed by atoms with van der Waals surface area (Å²) in [5.74, 6) is 1.29. The molecule has 0 bridgehead atoms. The molecule has 1 aliphatic rings. The standard InChI is InChI=1S/C19H27N3O3S/c1-11(2)25-19(24)16-12(3)15-17(20-13(4)21-18(15)26-16)22-9-6-5-7-14(22)8-10-23/h11,14,23H,5-10H2,1-4H3. The Balaban J connectivity index is 2.10. The van der Waals surface area contributed by atoms with E-state index in [-0.39, 0.29) is 24.7 Å². The molecule has 0 aliphatic carbocycles. The Kier molecular flexibility index (Phi) is 5.77. The van der Waals surface area contributed by atoms with Crippen molar-refractivity contribution < 1.29 is 14.6 Å². The molecule has 7 heteroatoms. The lowest BCUT2D eigenvalue weighted by Crippen LogP contribution is -2.41. The zero-order chi connectivity index (χ0) is 18.8. The number of aromatic nitrogens is 2. The SMILES string of the molecule is Cc1nc(N2CCCCC2CCO)c2c(C)c(C(=O)OC(C)C)sc2n1. The first-order valence-electron chi connectivity index (χ1n) is 9.28. The lowest BCUT2D eigenvalue weighted by atomic mass is 9.99. The van der Waals surface area contributed by atoms with Crippen LogP contribution in [0, 0.1) is 13.8 Å². The summed E-state index contributed by atoms with van der Waals surface area (Å²) >= 11 is 1.38. The van der Waals surface area contributed by atoms with Gasteiger partial charge in [-0.3, -0.25) is 0 Å². The second-order valence-corrected chi connectivity index (χ2v) is 8.14. The van der Waals surface area contributed by atoms with Gasteiger partial charge in [0.1, 0.15) is 21.3 Å². The highest BCUT2D eigenvalue weighted by Gasteiger charge is 2.28. The van der Waals surface area contributed by atoms with Crippen LogP contribution in [0.3, 0.4) is 0 Å². The van der Waals surface area contributed by atoms with Crippen LogP contribution < -0.4 is 4.90 Å². The van der Waals surface area contributed by atoms with E-state index in [9.17, 15) is 9.90 Å². The molecule has 1 N–H and O–H groups in total. The number of piperidine rings is 1. The molecule has 1 atom stereocenters. The van der Waals surface area contributed by atoms with Gasteiger partial charge in [-0.1, -0.05) is 0 Å². The first kappa shape index (κ1) is 19.0. The van der Waals surface area contributed by atoms with E-state index in [1.807, 2.05) is 27.7 Å². The minimum atomic E-state index is -0.297. The summed E-state index contributed by atoms with van der Waals surface area (Å²) in [6, 6.07) is 0.275. The fourth-order valence-corrected chi connectivity index (χ4v) is 4.72. The third-order valence-corrected chi connectivity index (χ3v) is 5.94. The first-order valence-corrected chi connectivity index (χ1v) is 10.1. The van der Waals surface area contributed by atoms with E-state index >= 15 is 0 Å². The van der Waals surface area contributed by atoms with E-state index in [0.717, 1.165) is 47.4 Å². The van der Waals surface area contributed by atoms with Gasteiger partial charge in [0.2, 0.25) is 0 Å². The van der Waals surface area contributed by atoms with Gasteiger partial charge in [0.25, 0.3) is 0 Å². The van der Waals surface area contributed by atoms with Crippen LogP contribution in [0.1, 0.15) is 60.6 Å². The lowest BCUT2D eigenvalue weighted by molar-refractivity contribution is 0.0383. The molecule has 2 aromatic heterocycles. The normalized spacial score (nSPS) is 17.9. The maximum Gasteiger partial charge on any atom is 0.348 e. The molecule has 0 saturated carbocycles. The third kappa shape index (κ3) is 3.69. The fraction of sp³-hybridized carbons (Fsp3) is 0.632. The summed E-state index contributed by atoms with van der Waals surface area (Å²) in [5, 5.41) is 10.4. The average Bonchev–Trinajstić information content (AvgIpc) is 2.91. The van der Waals surface area contributed by atoms with Gasteiger partial charge in [-0.15, -0.1) is 11.3 Å². The van der Waals surface area contributed by atoms with Crippen LogP contribution in [0.4, 0.5) is 5.82 Å². The second kappa shape index (κ2) is 7.88. The highest BCUT2D eigenvalue weighted by molar-refractivity contribution is 7.20. The van der Waals surface area contributed by atoms with Crippen molar-refractivity contribution in [1.29, 1.82) is 0 Å². The molecule has 142 valence electrons. The second-order valence-electron chi connectivity index (χ2n) is 7.14. The van der Waals surface area contributed by atoms with Crippen LogP contribution in [0.5, 0.6) is 0 Å². The van der Waals surface area contributed by atoms with E-state index in [4.69, 9.17) is 9.72 Å². The van der Waals surface area contributed by atoms with E-state index in [1.165, 1.54) is 17.8 Å². The number of hydrogen-bond donors (Lipinski definition) is 1. The number of esters is 1. The molecule has 0 spiro atoms. The zero-order valence-corrected chi connectivity index (χ0v) is 16.7. The number of rotatable bonds is 5. The van der Waals surface area contributed by atoms with Gasteiger partial charge in [0.05, 0.1) is 11.5 Å². The number of aliphatic hydroxyl groups is 1. The highest BCUT2D eigenvalue weighted by Crippen LogP contribution is 2.38. The Labute approximate surface area is 158 Å². The highest BCUT2D eigenvalue weighted by atomic mass is 32.1. The largest absolute Gasteiger partial charge is 0.459 e. The predicted molar refractivity (Wildman–Crippen MR) is 104 cm³/mol. The molecule has 3 heterocycles. The Morgan fingerprint density at radius 2 is 2.12 bits per heavy atom. The lowest BCUT2D eigenvalue weighted by Gasteiger charge is -2.37. The molecule has 1 saturated heterocycles. The number of hydrogen-bond acceptors (Lipinski definition) is 7. The van der Waals surface area contributed by atoms with Crippen LogP contribution in [-0.2, 0) is 4.74 Å². The number of nitrogens with zero attached hydrogens (tertiary/aromatic N) is 3. The smallest absolute Gasteiger partial charge is 0.348 e. The molecular formula is C19H27N3O3S. The van der Waals surface area contributed by atoms with Crippen LogP contribution >= 0.6 is 11.3 Å². The maximum absolute atomic E-state index is 12.5. The van der Waals surface area contributed by atoms with E-state index in [2.05, 4.69) is 9.88 Å². The first-order chi connectivity index (χ1) is 12.4. The van der Waals surface area contributed by atoms with Crippen LogP contribution in [0.25, 0.3) is 10.2 Å². The van der Waals surface area contributed by atoms with Crippen molar-refractivity contribution in [3.05, 3.63) is 16.3 Å². The monoisotopic (exact) mass is 377 g/mol. The van der Waals surface area contributed by atoms with Gasteiger partial charge >= 0.3 is 5.97 Å². The van der Waals surface area contributed by atoms with Gasteiger partial charge in [-0.25, -0.2) is 14.8 Å². The predicted octanol–water partition coefficient (Wildman–Crippen LogP) is 3.61. The molecule has 0 aromatic carbocycles. The molecule has 6 nitrogen and oxygen atoms in total. The molecule has 1 fully saturated rings. The summed E-state index contributed by atoms with van der Waals surface area (Å²) in [4.78, 5) is 25.5. The van der Waals surface area contributed by atoms with Crippen molar-refractivity contribution in [1.82, 2.24) is 9.97 Å². The number of anilines is 1. The summed E-state index contributed by atoms with van der Waals surface area (Å²) in [6.45, 7) is 8.62. The molecular weight excluding hydrogens is 350 g/mol. The number of carbonyl (C=O) groups excluding carboxylic acids is 1. The van der Waals surface area contributed by atoms with Crippen LogP contribution in [0.2, 0.25) is 0 Å². The number of ether oxygens (including phenoxy) is 1. The minimum absolute atomic E-state index is 0.157. The van der Waals surface area contributed by atoms with Crippen molar-refractivity contribution in [2.45, 2.75) is 65.5 Å². The van der Waals surface area contributed by atoms with Gasteiger partial charge in [-0.2, -0.15) is 0 Å². The van der Waals surface area contributed by atoms with E-state index in [1.54, 1.807) is 0 Å². The molecule has 2 aromatic rings. The number of carbonyl (C=O) groups is 1. The number of aryl methyl sites for hydroxylation is 2. The van der Waals surface area contributed by atoms with Crippen molar-refractivity contribution in [2.75, 3.05) is 18.1 Å². The molecule has 1 aliphatic heterocycles. The van der Waals surface area contributed by atoms with Crippen molar-refractivity contribution in [3.63, 3.8) is 0 Å². The molecule has 1 unspecified atom stereocenters. The zero-order valence-electron chi connectivity index (χ0n) is 15.9. The van der Waals surface area contributed by atoms with Crippen LogP contribution in [-0.4, -0.2) is 46.3 Å². The van der Waals surface area contributed by atoms with Crippen LogP contribution in [0.15, 0.2) is 0 Å². The average molecular weight is 378 g/mol. The van der Waals surface area contributed by atoms with Gasteiger partial charge in [0, 0.05) is 19.2 Å². The molecule has 0 amide bonds. The summed E-state index contributed by atoms with van der Waals surface area (Å²) in [5.41, 5.74) is 0.888. The quantitative estimate of drug-likeness (QED) is 0.802. The number of fused-ring (bicyclic) bond motifs is 1. The number of thiophene rings is 1. The Hall–Kier alpha value is -1.73. The molecule has 26 heavy (non-hydrogen) atoms. The Morgan fingerprint density at radius 1 is 1.35 bits per heavy atom. The minimum Gasteiger partial charge on any atom is -0.459 e. The number of aliphatic hydroxyl groups excluding tert-OH is 1. The molecule has 0 radical (unpaired) electrons. The topological polar surface area (TPSA) is 75.5 Å². The van der Waals surface area contributed by atoms with Gasteiger partial charge < -0.3 is 14.7 Å². The summed E-state index contributed by atoms with van der Waals surface area (Å²) in [7, 11) is 0. The Morgan fingerprint density at radius 3 is 2.81 bits per heavy atom. The van der Waals surface area contributed by atoms with Gasteiger partial charge in [-0.05, 0) is 58.9 Å². The summed E-state index contributed by atoms with van der Waals surface area (Å²) < 4.78 is 5.40. The Bertz CT molecular complexity index is 801. The van der Waals surface area contributed by atoms with Crippen molar-refractivity contribution >= 4 is 33.3 Å². The van der Waals surface area contributed by atoms with Crippen molar-refractivity contribution in [3.8, 4) is 0 Å².